The van der Waals surface area contributed by atoms with E-state index in [4.69, 9.17) is 0 Å². The van der Waals surface area contributed by atoms with Crippen LogP contribution in [0.5, 0.6) is 0 Å². The Bertz CT molecular complexity index is 928. The first-order valence-electron chi connectivity index (χ1n) is 6.86. The molecule has 0 amide bonds. The molecule has 0 spiro atoms. The van der Waals surface area contributed by atoms with Crippen LogP contribution in [-0.2, 0) is 30.7 Å². The van der Waals surface area contributed by atoms with Crippen LogP contribution in [0.2, 0.25) is 0 Å². The number of imidazole rings is 1. The maximum atomic E-state index is 12.2. The number of nitrogens with one attached hydrogen (secondary N) is 1. The predicted molar refractivity (Wildman–Crippen MR) is 83.7 cm³/mol. The van der Waals surface area contributed by atoms with Crippen molar-refractivity contribution in [2.75, 3.05) is 0 Å². The molecule has 0 bridgehead atoms. The normalized spacial score (nSPS) is 11.7. The van der Waals surface area contributed by atoms with Crippen LogP contribution in [0.15, 0.2) is 48.3 Å². The molecule has 0 saturated carbocycles. The molecule has 3 rings (SSSR count). The number of aryl methyl sites for hydroxylation is 2. The van der Waals surface area contributed by atoms with Gasteiger partial charge in [-0.3, -0.25) is 9.67 Å². The van der Waals surface area contributed by atoms with Crippen molar-refractivity contribution < 1.29 is 8.42 Å². The van der Waals surface area contributed by atoms with Crippen LogP contribution >= 0.6 is 0 Å². The molecule has 0 radical (unpaired) electrons. The third-order valence-corrected chi connectivity index (χ3v) is 4.56. The molecule has 120 valence electrons. The zero-order valence-corrected chi connectivity index (χ0v) is 13.5. The minimum atomic E-state index is -3.66. The van der Waals surface area contributed by atoms with E-state index in [0.717, 1.165) is 11.1 Å². The molecule has 0 fully saturated rings. The second kappa shape index (κ2) is 5.94. The van der Waals surface area contributed by atoms with Crippen molar-refractivity contribution in [1.29, 1.82) is 0 Å². The van der Waals surface area contributed by atoms with Gasteiger partial charge < -0.3 is 4.57 Å². The number of nitrogens with zero attached hydrogens (tertiary/aromatic N) is 5. The SMILES string of the molecule is Cn1cnc(S(=O)(=O)NCc2cccnc2-c2cnn(C)c2)c1. The molecule has 8 nitrogen and oxygen atoms in total. The number of hydrogen-bond acceptors (Lipinski definition) is 5. The van der Waals surface area contributed by atoms with Crippen molar-refractivity contribution in [3.05, 3.63) is 48.8 Å². The van der Waals surface area contributed by atoms with Gasteiger partial charge in [0.1, 0.15) is 0 Å². The fourth-order valence-corrected chi connectivity index (χ4v) is 3.14. The maximum absolute atomic E-state index is 12.2. The van der Waals surface area contributed by atoms with Gasteiger partial charge in [0.25, 0.3) is 10.0 Å². The lowest BCUT2D eigenvalue weighted by molar-refractivity contribution is 0.578. The average Bonchev–Trinajstić information content (AvgIpc) is 3.15. The van der Waals surface area contributed by atoms with Crippen molar-refractivity contribution in [3.63, 3.8) is 0 Å². The Kier molecular flexibility index (Phi) is 3.97. The largest absolute Gasteiger partial charge is 0.339 e. The summed E-state index contributed by atoms with van der Waals surface area (Å²) in [4.78, 5) is 8.20. The van der Waals surface area contributed by atoms with Gasteiger partial charge in [-0.15, -0.1) is 0 Å². The predicted octanol–water partition coefficient (Wildman–Crippen LogP) is 0.694. The van der Waals surface area contributed by atoms with Gasteiger partial charge in [0.2, 0.25) is 0 Å². The molecule has 0 aromatic carbocycles. The lowest BCUT2D eigenvalue weighted by atomic mass is 10.1. The van der Waals surface area contributed by atoms with E-state index in [2.05, 4.69) is 19.8 Å². The van der Waals surface area contributed by atoms with E-state index in [-0.39, 0.29) is 11.6 Å². The van der Waals surface area contributed by atoms with Crippen LogP contribution in [0.3, 0.4) is 0 Å². The first kappa shape index (κ1) is 15.4. The van der Waals surface area contributed by atoms with Crippen LogP contribution in [0.25, 0.3) is 11.3 Å². The molecule has 3 heterocycles. The lowest BCUT2D eigenvalue weighted by Gasteiger charge is -2.08. The third-order valence-electron chi connectivity index (χ3n) is 3.28. The highest BCUT2D eigenvalue weighted by molar-refractivity contribution is 7.89. The van der Waals surface area contributed by atoms with Crippen molar-refractivity contribution in [2.24, 2.45) is 14.1 Å². The molecular formula is C14H16N6O2S. The maximum Gasteiger partial charge on any atom is 0.259 e. The quantitative estimate of drug-likeness (QED) is 0.742. The van der Waals surface area contributed by atoms with E-state index in [1.54, 1.807) is 34.8 Å². The highest BCUT2D eigenvalue weighted by Gasteiger charge is 2.18. The molecule has 0 unspecified atom stereocenters. The Hall–Kier alpha value is -2.52. The Balaban J connectivity index is 1.84. The molecule has 0 aliphatic carbocycles. The minimum absolute atomic E-state index is 0.00758. The molecule has 0 atom stereocenters. The van der Waals surface area contributed by atoms with Crippen molar-refractivity contribution in [3.8, 4) is 11.3 Å². The zero-order chi connectivity index (χ0) is 16.4. The molecule has 0 saturated heterocycles. The number of hydrogen-bond donors (Lipinski definition) is 1. The topological polar surface area (TPSA) is 94.7 Å². The molecule has 0 aliphatic heterocycles. The van der Waals surface area contributed by atoms with E-state index in [0.29, 0.717) is 5.69 Å². The number of rotatable bonds is 5. The Morgan fingerprint density at radius 3 is 2.70 bits per heavy atom. The standard InChI is InChI=1S/C14H16N6O2S/c1-19-9-13(16-10-19)23(21,22)18-7-11-4-3-5-15-14(11)12-6-17-20(2)8-12/h3-6,8-10,18H,7H2,1-2H3. The van der Waals surface area contributed by atoms with E-state index >= 15 is 0 Å². The molecule has 3 aromatic heterocycles. The summed E-state index contributed by atoms with van der Waals surface area (Å²) in [6.45, 7) is 0.122. The Morgan fingerprint density at radius 2 is 2.04 bits per heavy atom. The van der Waals surface area contributed by atoms with Crippen molar-refractivity contribution >= 4 is 10.0 Å². The smallest absolute Gasteiger partial charge is 0.259 e. The highest BCUT2D eigenvalue weighted by atomic mass is 32.2. The molecule has 9 heteroatoms. The van der Waals surface area contributed by atoms with Gasteiger partial charge >= 0.3 is 0 Å². The fourth-order valence-electron chi connectivity index (χ4n) is 2.16. The van der Waals surface area contributed by atoms with E-state index < -0.39 is 10.0 Å². The van der Waals surface area contributed by atoms with E-state index in [9.17, 15) is 8.42 Å². The summed E-state index contributed by atoms with van der Waals surface area (Å²) < 4.78 is 30.3. The van der Waals surface area contributed by atoms with Crippen LogP contribution in [-0.4, -0.2) is 32.7 Å². The fraction of sp³-hybridized carbons (Fsp3) is 0.214. The van der Waals surface area contributed by atoms with Gasteiger partial charge in [-0.05, 0) is 11.6 Å². The second-order valence-corrected chi connectivity index (χ2v) is 6.83. The van der Waals surface area contributed by atoms with Gasteiger partial charge in [0.05, 0.1) is 18.2 Å². The summed E-state index contributed by atoms with van der Waals surface area (Å²) in [6, 6.07) is 3.60. The lowest BCUT2D eigenvalue weighted by Crippen LogP contribution is -2.24. The van der Waals surface area contributed by atoms with Crippen LogP contribution in [0.4, 0.5) is 0 Å². The Labute approximate surface area is 133 Å². The summed E-state index contributed by atoms with van der Waals surface area (Å²) in [5.74, 6) is 0. The van der Waals surface area contributed by atoms with Gasteiger partial charge in [0, 0.05) is 44.8 Å². The number of sulfonamides is 1. The first-order valence-corrected chi connectivity index (χ1v) is 8.34. The molecular weight excluding hydrogens is 316 g/mol. The third kappa shape index (κ3) is 3.30. The highest BCUT2D eigenvalue weighted by Crippen LogP contribution is 2.20. The van der Waals surface area contributed by atoms with Crippen LogP contribution in [0, 0.1) is 0 Å². The Morgan fingerprint density at radius 1 is 1.22 bits per heavy atom. The van der Waals surface area contributed by atoms with Gasteiger partial charge in [0.15, 0.2) is 5.03 Å². The zero-order valence-electron chi connectivity index (χ0n) is 12.7. The summed E-state index contributed by atoms with van der Waals surface area (Å²) in [5.41, 5.74) is 2.30. The summed E-state index contributed by atoms with van der Waals surface area (Å²) in [7, 11) is -0.131. The van der Waals surface area contributed by atoms with Crippen molar-refractivity contribution in [2.45, 2.75) is 11.6 Å². The minimum Gasteiger partial charge on any atom is -0.339 e. The first-order chi connectivity index (χ1) is 11.0. The summed E-state index contributed by atoms with van der Waals surface area (Å²) in [6.07, 6.45) is 8.09. The monoisotopic (exact) mass is 332 g/mol. The van der Waals surface area contributed by atoms with E-state index in [1.165, 1.54) is 12.5 Å². The van der Waals surface area contributed by atoms with Crippen molar-refractivity contribution in [1.82, 2.24) is 29.0 Å². The average molecular weight is 332 g/mol. The van der Waals surface area contributed by atoms with Gasteiger partial charge in [-0.2, -0.15) is 5.10 Å². The van der Waals surface area contributed by atoms with Gasteiger partial charge in [-0.1, -0.05) is 6.07 Å². The van der Waals surface area contributed by atoms with Crippen LogP contribution in [0.1, 0.15) is 5.56 Å². The number of pyridine rings is 1. The van der Waals surface area contributed by atoms with E-state index in [1.807, 2.05) is 19.3 Å². The summed E-state index contributed by atoms with van der Waals surface area (Å²) in [5, 5.41) is 4.11. The molecule has 3 aromatic rings. The second-order valence-electron chi connectivity index (χ2n) is 5.12. The van der Waals surface area contributed by atoms with Crippen LogP contribution < -0.4 is 4.72 Å². The molecule has 23 heavy (non-hydrogen) atoms. The summed E-state index contributed by atoms with van der Waals surface area (Å²) >= 11 is 0. The number of aromatic nitrogens is 5. The van der Waals surface area contributed by atoms with Gasteiger partial charge in [-0.25, -0.2) is 18.1 Å². The molecule has 1 N–H and O–H groups in total. The molecule has 0 aliphatic rings.